The lowest BCUT2D eigenvalue weighted by Gasteiger charge is -2.20. The summed E-state index contributed by atoms with van der Waals surface area (Å²) in [7, 11) is 0. The largest absolute Gasteiger partial charge is 0.351 e. The van der Waals surface area contributed by atoms with Crippen LogP contribution in [0.1, 0.15) is 25.0 Å². The minimum atomic E-state index is -0.808. The van der Waals surface area contributed by atoms with E-state index in [0.29, 0.717) is 0 Å². The van der Waals surface area contributed by atoms with E-state index < -0.39 is 6.03 Å². The minimum absolute atomic E-state index is 0.101. The number of primary amides is 1. The minimum Gasteiger partial charge on any atom is -0.351 e. The zero-order chi connectivity index (χ0) is 14.6. The molecule has 0 aromatic heterocycles. The summed E-state index contributed by atoms with van der Waals surface area (Å²) in [5.41, 5.74) is 7.26. The Labute approximate surface area is 118 Å². The number of imide groups is 1. The topological polar surface area (TPSA) is 72.2 Å². The van der Waals surface area contributed by atoms with Gasteiger partial charge in [0, 0.05) is 4.90 Å². The second-order valence-electron chi connectivity index (χ2n) is 4.90. The molecule has 0 bridgehead atoms. The number of carbonyl (C=O) groups excluding carboxylic acids is 2. The Kier molecular flexibility index (Phi) is 5.42. The lowest BCUT2D eigenvalue weighted by molar-refractivity contribution is -0.120. The number of benzene rings is 1. The fraction of sp³-hybridized carbons (Fsp3) is 0.429. The van der Waals surface area contributed by atoms with E-state index >= 15 is 0 Å². The molecule has 3 N–H and O–H groups in total. The summed E-state index contributed by atoms with van der Waals surface area (Å²) < 4.78 is 0. The molecule has 0 aliphatic rings. The summed E-state index contributed by atoms with van der Waals surface area (Å²) >= 11 is 1.47. The Morgan fingerprint density at radius 3 is 2.42 bits per heavy atom. The Balaban J connectivity index is 2.92. The zero-order valence-electron chi connectivity index (χ0n) is 11.7. The van der Waals surface area contributed by atoms with Crippen molar-refractivity contribution in [1.29, 1.82) is 0 Å². The smallest absolute Gasteiger partial charge is 0.318 e. The Morgan fingerprint density at radius 2 is 1.89 bits per heavy atom. The molecule has 4 nitrogen and oxygen atoms in total. The normalized spacial score (nSPS) is 12.3. The maximum absolute atomic E-state index is 12.0. The SMILES string of the molecule is Cc1ccc(C)c(S[C@H](C(=O)NC(N)=O)C(C)C)c1. The average molecular weight is 280 g/mol. The van der Waals surface area contributed by atoms with E-state index in [1.165, 1.54) is 11.8 Å². The highest BCUT2D eigenvalue weighted by Crippen LogP contribution is 2.31. The van der Waals surface area contributed by atoms with E-state index in [1.54, 1.807) is 0 Å². The fourth-order valence-electron chi connectivity index (χ4n) is 1.66. The molecule has 0 saturated heterocycles. The van der Waals surface area contributed by atoms with Crippen molar-refractivity contribution < 1.29 is 9.59 Å². The molecule has 0 radical (unpaired) electrons. The quantitative estimate of drug-likeness (QED) is 0.833. The number of aryl methyl sites for hydroxylation is 2. The van der Waals surface area contributed by atoms with Crippen LogP contribution in [0.4, 0.5) is 4.79 Å². The molecule has 0 heterocycles. The van der Waals surface area contributed by atoms with Gasteiger partial charge in [0.25, 0.3) is 0 Å². The van der Waals surface area contributed by atoms with Gasteiger partial charge in [-0.05, 0) is 31.4 Å². The van der Waals surface area contributed by atoms with E-state index in [4.69, 9.17) is 5.73 Å². The molecule has 0 unspecified atom stereocenters. The fourth-order valence-corrected chi connectivity index (χ4v) is 2.88. The van der Waals surface area contributed by atoms with Crippen molar-refractivity contribution in [2.75, 3.05) is 0 Å². The maximum atomic E-state index is 12.0. The monoisotopic (exact) mass is 280 g/mol. The van der Waals surface area contributed by atoms with Crippen LogP contribution in [0, 0.1) is 19.8 Å². The third-order valence-corrected chi connectivity index (χ3v) is 4.41. The molecule has 0 aliphatic carbocycles. The number of nitrogens with two attached hydrogens (primary N) is 1. The summed E-state index contributed by atoms with van der Waals surface area (Å²) in [4.78, 5) is 23.8. The van der Waals surface area contributed by atoms with Gasteiger partial charge in [-0.15, -0.1) is 11.8 Å². The average Bonchev–Trinajstić information content (AvgIpc) is 2.28. The highest BCUT2D eigenvalue weighted by molar-refractivity contribution is 8.00. The van der Waals surface area contributed by atoms with Gasteiger partial charge in [0.05, 0.1) is 5.25 Å². The van der Waals surface area contributed by atoms with E-state index in [-0.39, 0.29) is 17.1 Å². The maximum Gasteiger partial charge on any atom is 0.318 e. The Morgan fingerprint density at radius 1 is 1.26 bits per heavy atom. The van der Waals surface area contributed by atoms with E-state index in [2.05, 4.69) is 5.32 Å². The van der Waals surface area contributed by atoms with Crippen LogP contribution in [0.3, 0.4) is 0 Å². The molecular formula is C14H20N2O2S. The number of carbonyl (C=O) groups is 2. The van der Waals surface area contributed by atoms with Crippen LogP contribution in [0.25, 0.3) is 0 Å². The lowest BCUT2D eigenvalue weighted by Crippen LogP contribution is -2.42. The number of nitrogens with one attached hydrogen (secondary N) is 1. The summed E-state index contributed by atoms with van der Waals surface area (Å²) in [6, 6.07) is 5.30. The van der Waals surface area contributed by atoms with E-state index in [0.717, 1.165) is 16.0 Å². The Hall–Kier alpha value is -1.49. The third kappa shape index (κ3) is 4.59. The summed E-state index contributed by atoms with van der Waals surface area (Å²) in [5.74, 6) is -0.238. The van der Waals surface area contributed by atoms with Crippen molar-refractivity contribution in [3.63, 3.8) is 0 Å². The summed E-state index contributed by atoms with van der Waals surface area (Å²) in [5, 5.41) is 1.82. The number of thioether (sulfide) groups is 1. The standard InChI is InChI=1S/C14H20N2O2S/c1-8(2)12(13(17)16-14(15)18)19-11-7-9(3)5-6-10(11)4/h5-8,12H,1-4H3,(H3,15,16,17,18)/t12-/m0/s1. The van der Waals surface area contributed by atoms with Crippen molar-refractivity contribution in [3.05, 3.63) is 29.3 Å². The first kappa shape index (κ1) is 15.6. The van der Waals surface area contributed by atoms with Gasteiger partial charge in [-0.25, -0.2) is 4.79 Å². The first-order chi connectivity index (χ1) is 8.81. The van der Waals surface area contributed by atoms with E-state index in [9.17, 15) is 9.59 Å². The number of rotatable bonds is 4. The molecule has 1 aromatic rings. The second kappa shape index (κ2) is 6.61. The first-order valence-electron chi connectivity index (χ1n) is 6.15. The molecule has 0 fully saturated rings. The van der Waals surface area contributed by atoms with Crippen molar-refractivity contribution >= 4 is 23.7 Å². The predicted octanol–water partition coefficient (Wildman–Crippen LogP) is 2.62. The van der Waals surface area contributed by atoms with Gasteiger partial charge in [-0.2, -0.15) is 0 Å². The number of hydrogen-bond acceptors (Lipinski definition) is 3. The molecule has 0 aliphatic heterocycles. The van der Waals surface area contributed by atoms with Crippen LogP contribution >= 0.6 is 11.8 Å². The summed E-state index contributed by atoms with van der Waals surface area (Å²) in [6.45, 7) is 7.91. The molecular weight excluding hydrogens is 260 g/mol. The van der Waals surface area contributed by atoms with Crippen LogP contribution in [0.2, 0.25) is 0 Å². The molecule has 0 saturated carbocycles. The predicted molar refractivity (Wildman–Crippen MR) is 78.1 cm³/mol. The second-order valence-corrected chi connectivity index (χ2v) is 6.09. The number of hydrogen-bond donors (Lipinski definition) is 2. The lowest BCUT2D eigenvalue weighted by atomic mass is 10.1. The third-order valence-electron chi connectivity index (χ3n) is 2.71. The molecule has 5 heteroatoms. The van der Waals surface area contributed by atoms with Gasteiger partial charge in [0.15, 0.2) is 0 Å². The van der Waals surface area contributed by atoms with Gasteiger partial charge in [0.1, 0.15) is 0 Å². The highest BCUT2D eigenvalue weighted by atomic mass is 32.2. The molecule has 1 atom stereocenters. The van der Waals surface area contributed by atoms with E-state index in [1.807, 2.05) is 45.9 Å². The highest BCUT2D eigenvalue weighted by Gasteiger charge is 2.25. The number of amides is 3. The number of urea groups is 1. The van der Waals surface area contributed by atoms with Crippen LogP contribution in [0.15, 0.2) is 23.1 Å². The molecule has 104 valence electrons. The molecule has 1 aromatic carbocycles. The van der Waals surface area contributed by atoms with Crippen molar-refractivity contribution in [1.82, 2.24) is 5.32 Å². The zero-order valence-corrected chi connectivity index (χ0v) is 12.5. The van der Waals surface area contributed by atoms with Gasteiger partial charge < -0.3 is 5.73 Å². The van der Waals surface area contributed by atoms with Gasteiger partial charge in [0.2, 0.25) is 5.91 Å². The molecule has 0 spiro atoms. The molecule has 3 amide bonds. The van der Waals surface area contributed by atoms with Gasteiger partial charge in [-0.3, -0.25) is 10.1 Å². The molecule has 1 rings (SSSR count). The first-order valence-corrected chi connectivity index (χ1v) is 7.03. The van der Waals surface area contributed by atoms with Crippen LogP contribution in [-0.4, -0.2) is 17.2 Å². The Bertz CT molecular complexity index is 486. The van der Waals surface area contributed by atoms with Crippen molar-refractivity contribution in [2.24, 2.45) is 11.7 Å². The van der Waals surface area contributed by atoms with Crippen LogP contribution in [-0.2, 0) is 4.79 Å². The van der Waals surface area contributed by atoms with Crippen molar-refractivity contribution in [2.45, 2.75) is 37.8 Å². The van der Waals surface area contributed by atoms with Gasteiger partial charge in [-0.1, -0.05) is 31.5 Å². The van der Waals surface area contributed by atoms with Gasteiger partial charge >= 0.3 is 6.03 Å². The van der Waals surface area contributed by atoms with Crippen LogP contribution < -0.4 is 11.1 Å². The van der Waals surface area contributed by atoms with Crippen LogP contribution in [0.5, 0.6) is 0 Å². The molecule has 19 heavy (non-hydrogen) atoms. The van der Waals surface area contributed by atoms with Crippen molar-refractivity contribution in [3.8, 4) is 0 Å². The summed E-state index contributed by atoms with van der Waals surface area (Å²) in [6.07, 6.45) is 0.